The average molecular weight is 326 g/mol. The first kappa shape index (κ1) is 15.3. The van der Waals surface area contributed by atoms with Crippen LogP contribution in [0.2, 0.25) is 0 Å². The van der Waals surface area contributed by atoms with Gasteiger partial charge in [0.05, 0.1) is 0 Å². The molecule has 0 aliphatic rings. The zero-order chi connectivity index (χ0) is 16.3. The van der Waals surface area contributed by atoms with Gasteiger partial charge in [-0.05, 0) is 35.4 Å². The standard InChI is InChI=1S/C18H14O4S/c19-23(20,21)18-9-5-4-8-17(18)22-16-12-10-15(11-13-16)14-6-2-1-3-7-14/h1-13H,(H,19,20,21). The van der Waals surface area contributed by atoms with Crippen molar-refractivity contribution in [3.8, 4) is 22.6 Å². The SMILES string of the molecule is O=S(=O)(O)c1ccccc1Oc1ccc(-c2ccccc2)cc1. The summed E-state index contributed by atoms with van der Waals surface area (Å²) in [5.74, 6) is 0.572. The van der Waals surface area contributed by atoms with Crippen LogP contribution in [0.15, 0.2) is 83.8 Å². The van der Waals surface area contributed by atoms with Crippen molar-refractivity contribution in [1.29, 1.82) is 0 Å². The van der Waals surface area contributed by atoms with E-state index in [-0.39, 0.29) is 10.6 Å². The van der Waals surface area contributed by atoms with E-state index in [9.17, 15) is 13.0 Å². The Hall–Kier alpha value is -2.63. The number of ether oxygens (including phenoxy) is 1. The van der Waals surface area contributed by atoms with E-state index in [4.69, 9.17) is 4.74 Å². The van der Waals surface area contributed by atoms with Gasteiger partial charge in [-0.15, -0.1) is 0 Å². The Labute approximate surface area is 134 Å². The highest BCUT2D eigenvalue weighted by molar-refractivity contribution is 7.86. The van der Waals surface area contributed by atoms with E-state index in [2.05, 4.69) is 0 Å². The number of para-hydroxylation sites is 1. The minimum Gasteiger partial charge on any atom is -0.456 e. The molecule has 0 radical (unpaired) electrons. The fourth-order valence-corrected chi connectivity index (χ4v) is 2.84. The largest absolute Gasteiger partial charge is 0.456 e. The van der Waals surface area contributed by atoms with Gasteiger partial charge in [0.15, 0.2) is 0 Å². The first-order valence-electron chi connectivity index (χ1n) is 6.94. The molecule has 0 aromatic heterocycles. The van der Waals surface area contributed by atoms with Crippen molar-refractivity contribution in [3.63, 3.8) is 0 Å². The zero-order valence-electron chi connectivity index (χ0n) is 12.1. The van der Waals surface area contributed by atoms with Crippen molar-refractivity contribution < 1.29 is 17.7 Å². The molecule has 0 fully saturated rings. The summed E-state index contributed by atoms with van der Waals surface area (Å²) in [6, 6.07) is 23.1. The molecule has 0 heterocycles. The van der Waals surface area contributed by atoms with E-state index in [1.807, 2.05) is 42.5 Å². The summed E-state index contributed by atoms with van der Waals surface area (Å²) in [7, 11) is -4.33. The normalized spacial score (nSPS) is 11.2. The fraction of sp³-hybridized carbons (Fsp3) is 0. The molecule has 116 valence electrons. The molecule has 3 aromatic carbocycles. The van der Waals surface area contributed by atoms with Gasteiger partial charge < -0.3 is 4.74 Å². The minimum absolute atomic E-state index is 0.0856. The first-order chi connectivity index (χ1) is 11.0. The van der Waals surface area contributed by atoms with Crippen LogP contribution in [-0.4, -0.2) is 13.0 Å². The van der Waals surface area contributed by atoms with E-state index in [0.29, 0.717) is 5.75 Å². The van der Waals surface area contributed by atoms with Crippen molar-refractivity contribution in [1.82, 2.24) is 0 Å². The first-order valence-corrected chi connectivity index (χ1v) is 8.38. The Bertz CT molecular complexity index is 901. The van der Waals surface area contributed by atoms with Gasteiger partial charge >= 0.3 is 0 Å². The Kier molecular flexibility index (Phi) is 4.14. The van der Waals surface area contributed by atoms with Crippen LogP contribution in [0.1, 0.15) is 0 Å². The second-order valence-electron chi connectivity index (χ2n) is 4.91. The van der Waals surface area contributed by atoms with Gasteiger partial charge in [0.2, 0.25) is 0 Å². The Morgan fingerprint density at radius 2 is 1.26 bits per heavy atom. The third-order valence-corrected chi connectivity index (χ3v) is 4.21. The zero-order valence-corrected chi connectivity index (χ0v) is 12.9. The molecule has 23 heavy (non-hydrogen) atoms. The lowest BCUT2D eigenvalue weighted by molar-refractivity contribution is 0.450. The highest BCUT2D eigenvalue weighted by Gasteiger charge is 2.16. The number of benzene rings is 3. The van der Waals surface area contributed by atoms with Crippen molar-refractivity contribution in [2.45, 2.75) is 4.90 Å². The minimum atomic E-state index is -4.33. The molecular weight excluding hydrogens is 312 g/mol. The fourth-order valence-electron chi connectivity index (χ4n) is 2.22. The summed E-state index contributed by atoms with van der Waals surface area (Å²) in [6.07, 6.45) is 0. The van der Waals surface area contributed by atoms with E-state index in [0.717, 1.165) is 11.1 Å². The molecule has 0 aliphatic heterocycles. The van der Waals surface area contributed by atoms with Crippen LogP contribution >= 0.6 is 0 Å². The monoisotopic (exact) mass is 326 g/mol. The molecule has 0 saturated heterocycles. The molecule has 3 aromatic rings. The number of hydrogen-bond donors (Lipinski definition) is 1. The summed E-state index contributed by atoms with van der Waals surface area (Å²) >= 11 is 0. The van der Waals surface area contributed by atoms with Gasteiger partial charge in [-0.1, -0.05) is 54.6 Å². The molecule has 0 bridgehead atoms. The lowest BCUT2D eigenvalue weighted by Crippen LogP contribution is -2.00. The van der Waals surface area contributed by atoms with Gasteiger partial charge in [-0.25, -0.2) is 0 Å². The van der Waals surface area contributed by atoms with Gasteiger partial charge in [0.1, 0.15) is 16.4 Å². The van der Waals surface area contributed by atoms with Gasteiger partial charge in [-0.2, -0.15) is 8.42 Å². The molecule has 0 atom stereocenters. The van der Waals surface area contributed by atoms with E-state index in [1.54, 1.807) is 18.2 Å². The van der Waals surface area contributed by atoms with Crippen LogP contribution in [0, 0.1) is 0 Å². The van der Waals surface area contributed by atoms with Crippen LogP contribution in [0.25, 0.3) is 11.1 Å². The topological polar surface area (TPSA) is 63.6 Å². The van der Waals surface area contributed by atoms with Crippen LogP contribution < -0.4 is 4.74 Å². The Balaban J connectivity index is 1.88. The molecule has 5 heteroatoms. The maximum Gasteiger partial charge on any atom is 0.298 e. The predicted molar refractivity (Wildman–Crippen MR) is 88.2 cm³/mol. The van der Waals surface area contributed by atoms with Crippen molar-refractivity contribution in [3.05, 3.63) is 78.9 Å². The van der Waals surface area contributed by atoms with Crippen molar-refractivity contribution in [2.75, 3.05) is 0 Å². The molecule has 3 rings (SSSR count). The second-order valence-corrected chi connectivity index (χ2v) is 6.30. The van der Waals surface area contributed by atoms with Crippen molar-refractivity contribution in [2.24, 2.45) is 0 Å². The van der Waals surface area contributed by atoms with E-state index < -0.39 is 10.1 Å². The van der Waals surface area contributed by atoms with Crippen LogP contribution in [0.5, 0.6) is 11.5 Å². The van der Waals surface area contributed by atoms with Crippen molar-refractivity contribution >= 4 is 10.1 Å². The highest BCUT2D eigenvalue weighted by Crippen LogP contribution is 2.30. The van der Waals surface area contributed by atoms with Crippen LogP contribution in [0.3, 0.4) is 0 Å². The molecule has 0 unspecified atom stereocenters. The smallest absolute Gasteiger partial charge is 0.298 e. The molecule has 4 nitrogen and oxygen atoms in total. The molecule has 0 aliphatic carbocycles. The summed E-state index contributed by atoms with van der Waals surface area (Å²) in [5.41, 5.74) is 2.11. The molecule has 1 N–H and O–H groups in total. The maximum atomic E-state index is 11.4. The third-order valence-electron chi connectivity index (χ3n) is 3.32. The van der Waals surface area contributed by atoms with Crippen LogP contribution in [0.4, 0.5) is 0 Å². The quantitative estimate of drug-likeness (QED) is 0.722. The average Bonchev–Trinajstić information content (AvgIpc) is 2.56. The summed E-state index contributed by atoms with van der Waals surface area (Å²) in [5, 5.41) is 0. The van der Waals surface area contributed by atoms with E-state index in [1.165, 1.54) is 18.2 Å². The van der Waals surface area contributed by atoms with Gasteiger partial charge in [-0.3, -0.25) is 4.55 Å². The van der Waals surface area contributed by atoms with Gasteiger partial charge in [0, 0.05) is 0 Å². The maximum absolute atomic E-state index is 11.4. The third kappa shape index (κ3) is 3.59. The summed E-state index contributed by atoms with van der Waals surface area (Å²) < 4.78 is 37.5. The summed E-state index contributed by atoms with van der Waals surface area (Å²) in [6.45, 7) is 0. The Morgan fingerprint density at radius 1 is 0.696 bits per heavy atom. The van der Waals surface area contributed by atoms with Gasteiger partial charge in [0.25, 0.3) is 10.1 Å². The number of hydrogen-bond acceptors (Lipinski definition) is 3. The second kappa shape index (κ2) is 6.24. The molecule has 0 amide bonds. The van der Waals surface area contributed by atoms with E-state index >= 15 is 0 Å². The lowest BCUT2D eigenvalue weighted by atomic mass is 10.1. The highest BCUT2D eigenvalue weighted by atomic mass is 32.2. The molecule has 0 saturated carbocycles. The molecule has 0 spiro atoms. The summed E-state index contributed by atoms with van der Waals surface area (Å²) in [4.78, 5) is -0.257. The Morgan fingerprint density at radius 3 is 1.91 bits per heavy atom. The predicted octanol–water partition coefficient (Wildman–Crippen LogP) is 4.39. The van der Waals surface area contributed by atoms with Crippen LogP contribution in [-0.2, 0) is 10.1 Å². The lowest BCUT2D eigenvalue weighted by Gasteiger charge is -2.10. The number of rotatable bonds is 4. The molecular formula is C18H14O4S.